The zero-order chi connectivity index (χ0) is 12.3. The summed E-state index contributed by atoms with van der Waals surface area (Å²) in [6, 6.07) is 8.07. The quantitative estimate of drug-likeness (QED) is 0.785. The summed E-state index contributed by atoms with van der Waals surface area (Å²) in [5, 5.41) is 0. The van der Waals surface area contributed by atoms with E-state index in [4.69, 9.17) is 4.74 Å². The van der Waals surface area contributed by atoms with Gasteiger partial charge in [0.15, 0.2) is 0 Å². The predicted octanol–water partition coefficient (Wildman–Crippen LogP) is 2.38. The SMILES string of the molecule is CC(=O)N1CCC(Oc2ccccc2C)CC1. The highest BCUT2D eigenvalue weighted by atomic mass is 16.5. The van der Waals surface area contributed by atoms with E-state index >= 15 is 0 Å². The summed E-state index contributed by atoms with van der Waals surface area (Å²) < 4.78 is 5.98. The number of para-hydroxylation sites is 1. The minimum Gasteiger partial charge on any atom is -0.490 e. The van der Waals surface area contributed by atoms with Crippen LogP contribution in [-0.4, -0.2) is 30.0 Å². The lowest BCUT2D eigenvalue weighted by atomic mass is 10.1. The first-order chi connectivity index (χ1) is 8.16. The molecule has 0 atom stereocenters. The van der Waals surface area contributed by atoms with Crippen molar-refractivity contribution in [2.45, 2.75) is 32.8 Å². The molecule has 1 amide bonds. The zero-order valence-corrected chi connectivity index (χ0v) is 10.5. The van der Waals surface area contributed by atoms with E-state index in [0.29, 0.717) is 0 Å². The van der Waals surface area contributed by atoms with Gasteiger partial charge in [-0.3, -0.25) is 4.79 Å². The first-order valence-corrected chi connectivity index (χ1v) is 6.14. The van der Waals surface area contributed by atoms with Crippen molar-refractivity contribution in [1.29, 1.82) is 0 Å². The molecule has 0 saturated carbocycles. The van der Waals surface area contributed by atoms with E-state index in [9.17, 15) is 4.79 Å². The van der Waals surface area contributed by atoms with Crippen molar-refractivity contribution >= 4 is 5.91 Å². The summed E-state index contributed by atoms with van der Waals surface area (Å²) in [6.45, 7) is 5.31. The standard InChI is InChI=1S/C14H19NO2/c1-11-5-3-4-6-14(11)17-13-7-9-15(10-8-13)12(2)16/h3-6,13H,7-10H2,1-2H3. The normalized spacial score (nSPS) is 16.9. The van der Waals surface area contributed by atoms with Crippen molar-refractivity contribution in [3.8, 4) is 5.75 Å². The molecule has 0 unspecified atom stereocenters. The van der Waals surface area contributed by atoms with Gasteiger partial charge in [-0.2, -0.15) is 0 Å². The molecule has 1 saturated heterocycles. The van der Waals surface area contributed by atoms with Crippen molar-refractivity contribution in [2.24, 2.45) is 0 Å². The minimum absolute atomic E-state index is 0.166. The van der Waals surface area contributed by atoms with Crippen LogP contribution in [0, 0.1) is 6.92 Å². The van der Waals surface area contributed by atoms with Crippen LogP contribution in [0.4, 0.5) is 0 Å². The van der Waals surface area contributed by atoms with Gasteiger partial charge in [-0.25, -0.2) is 0 Å². The Bertz CT molecular complexity index is 395. The summed E-state index contributed by atoms with van der Waals surface area (Å²) >= 11 is 0. The third kappa shape index (κ3) is 2.99. The fourth-order valence-electron chi connectivity index (χ4n) is 2.16. The summed E-state index contributed by atoms with van der Waals surface area (Å²) in [4.78, 5) is 13.1. The molecule has 0 aromatic heterocycles. The molecule has 1 aliphatic heterocycles. The number of likely N-dealkylation sites (tertiary alicyclic amines) is 1. The molecule has 2 rings (SSSR count). The number of carbonyl (C=O) groups is 1. The van der Waals surface area contributed by atoms with E-state index in [1.54, 1.807) is 6.92 Å². The topological polar surface area (TPSA) is 29.5 Å². The van der Waals surface area contributed by atoms with Gasteiger partial charge in [0.05, 0.1) is 0 Å². The Labute approximate surface area is 102 Å². The van der Waals surface area contributed by atoms with Crippen LogP contribution < -0.4 is 4.74 Å². The Morgan fingerprint density at radius 3 is 2.53 bits per heavy atom. The smallest absolute Gasteiger partial charge is 0.219 e. The van der Waals surface area contributed by atoms with E-state index in [2.05, 4.69) is 13.0 Å². The molecule has 1 heterocycles. The fourth-order valence-corrected chi connectivity index (χ4v) is 2.16. The highest BCUT2D eigenvalue weighted by Gasteiger charge is 2.22. The Hall–Kier alpha value is -1.51. The highest BCUT2D eigenvalue weighted by molar-refractivity contribution is 5.73. The fraction of sp³-hybridized carbons (Fsp3) is 0.500. The lowest BCUT2D eigenvalue weighted by Gasteiger charge is -2.31. The van der Waals surface area contributed by atoms with Gasteiger partial charge in [0, 0.05) is 32.9 Å². The molecule has 1 fully saturated rings. The number of piperidine rings is 1. The van der Waals surface area contributed by atoms with Crippen LogP contribution in [0.1, 0.15) is 25.3 Å². The van der Waals surface area contributed by atoms with Crippen molar-refractivity contribution < 1.29 is 9.53 Å². The Kier molecular flexibility index (Phi) is 3.67. The number of nitrogens with zero attached hydrogens (tertiary/aromatic N) is 1. The Balaban J connectivity index is 1.90. The summed E-state index contributed by atoms with van der Waals surface area (Å²) in [5.74, 6) is 1.13. The minimum atomic E-state index is 0.166. The lowest BCUT2D eigenvalue weighted by molar-refractivity contribution is -0.130. The number of rotatable bonds is 2. The van der Waals surface area contributed by atoms with Gasteiger partial charge in [-0.15, -0.1) is 0 Å². The van der Waals surface area contributed by atoms with E-state index in [1.165, 1.54) is 5.56 Å². The summed E-state index contributed by atoms with van der Waals surface area (Å²) in [7, 11) is 0. The number of ether oxygens (including phenoxy) is 1. The number of benzene rings is 1. The van der Waals surface area contributed by atoms with Crippen LogP contribution >= 0.6 is 0 Å². The average molecular weight is 233 g/mol. The molecular weight excluding hydrogens is 214 g/mol. The van der Waals surface area contributed by atoms with Crippen LogP contribution in [0.3, 0.4) is 0 Å². The average Bonchev–Trinajstić information content (AvgIpc) is 2.33. The van der Waals surface area contributed by atoms with E-state index < -0.39 is 0 Å². The summed E-state index contributed by atoms with van der Waals surface area (Å²) in [5.41, 5.74) is 1.17. The molecule has 1 aromatic rings. The molecule has 92 valence electrons. The molecule has 3 nitrogen and oxygen atoms in total. The van der Waals surface area contributed by atoms with E-state index in [-0.39, 0.29) is 12.0 Å². The molecule has 0 aliphatic carbocycles. The van der Waals surface area contributed by atoms with Crippen LogP contribution in [-0.2, 0) is 4.79 Å². The molecule has 1 aromatic carbocycles. The third-order valence-electron chi connectivity index (χ3n) is 3.27. The van der Waals surface area contributed by atoms with Crippen molar-refractivity contribution in [3.05, 3.63) is 29.8 Å². The predicted molar refractivity (Wildman–Crippen MR) is 67.1 cm³/mol. The van der Waals surface area contributed by atoms with Gasteiger partial charge >= 0.3 is 0 Å². The van der Waals surface area contributed by atoms with Gasteiger partial charge in [0.2, 0.25) is 5.91 Å². The lowest BCUT2D eigenvalue weighted by Crippen LogP contribution is -2.40. The van der Waals surface area contributed by atoms with Crippen LogP contribution in [0.25, 0.3) is 0 Å². The highest BCUT2D eigenvalue weighted by Crippen LogP contribution is 2.22. The monoisotopic (exact) mass is 233 g/mol. The Morgan fingerprint density at radius 2 is 1.94 bits per heavy atom. The maximum atomic E-state index is 11.2. The number of amides is 1. The molecule has 3 heteroatoms. The van der Waals surface area contributed by atoms with E-state index in [1.807, 2.05) is 23.1 Å². The van der Waals surface area contributed by atoms with Gasteiger partial charge in [-0.1, -0.05) is 18.2 Å². The largest absolute Gasteiger partial charge is 0.490 e. The number of carbonyl (C=O) groups excluding carboxylic acids is 1. The van der Waals surface area contributed by atoms with Crippen molar-refractivity contribution in [1.82, 2.24) is 4.90 Å². The second-order valence-electron chi connectivity index (χ2n) is 4.59. The van der Waals surface area contributed by atoms with Crippen LogP contribution in [0.15, 0.2) is 24.3 Å². The molecule has 1 aliphatic rings. The summed E-state index contributed by atoms with van der Waals surface area (Å²) in [6.07, 6.45) is 2.09. The number of hydrogen-bond donors (Lipinski definition) is 0. The molecule has 0 spiro atoms. The van der Waals surface area contributed by atoms with Crippen molar-refractivity contribution in [2.75, 3.05) is 13.1 Å². The van der Waals surface area contributed by atoms with Gasteiger partial charge in [-0.05, 0) is 18.6 Å². The first-order valence-electron chi connectivity index (χ1n) is 6.14. The second-order valence-corrected chi connectivity index (χ2v) is 4.59. The molecule has 0 radical (unpaired) electrons. The number of aryl methyl sites for hydroxylation is 1. The number of hydrogen-bond acceptors (Lipinski definition) is 2. The van der Waals surface area contributed by atoms with E-state index in [0.717, 1.165) is 31.7 Å². The second kappa shape index (κ2) is 5.21. The maximum Gasteiger partial charge on any atom is 0.219 e. The Morgan fingerprint density at radius 1 is 1.29 bits per heavy atom. The third-order valence-corrected chi connectivity index (χ3v) is 3.27. The van der Waals surface area contributed by atoms with Gasteiger partial charge in [0.25, 0.3) is 0 Å². The van der Waals surface area contributed by atoms with Crippen LogP contribution in [0.5, 0.6) is 5.75 Å². The molecule has 0 N–H and O–H groups in total. The van der Waals surface area contributed by atoms with Gasteiger partial charge < -0.3 is 9.64 Å². The molecular formula is C14H19NO2. The van der Waals surface area contributed by atoms with Crippen molar-refractivity contribution in [3.63, 3.8) is 0 Å². The van der Waals surface area contributed by atoms with Gasteiger partial charge in [0.1, 0.15) is 11.9 Å². The first kappa shape index (κ1) is 12.0. The molecule has 17 heavy (non-hydrogen) atoms. The molecule has 0 bridgehead atoms. The maximum absolute atomic E-state index is 11.2. The van der Waals surface area contributed by atoms with Crippen LogP contribution in [0.2, 0.25) is 0 Å². The zero-order valence-electron chi connectivity index (χ0n) is 10.5.